The molecule has 0 atom stereocenters. The summed E-state index contributed by atoms with van der Waals surface area (Å²) in [6.07, 6.45) is 0.217. The highest BCUT2D eigenvalue weighted by atomic mass is 35.5. The molecule has 0 aromatic heterocycles. The molecule has 0 aliphatic rings. The van der Waals surface area contributed by atoms with Gasteiger partial charge in [0, 0.05) is 6.42 Å². The average Bonchev–Trinajstić information content (AvgIpc) is 2.13. The van der Waals surface area contributed by atoms with E-state index in [0.717, 1.165) is 0 Å². The van der Waals surface area contributed by atoms with Gasteiger partial charge in [-0.1, -0.05) is 17.7 Å². The summed E-state index contributed by atoms with van der Waals surface area (Å²) in [5, 5.41) is 9.77. The van der Waals surface area contributed by atoms with Crippen molar-refractivity contribution < 1.29 is 9.90 Å². The molecule has 1 aromatic rings. The number of phenols is 1. The average molecular weight is 214 g/mol. The van der Waals surface area contributed by atoms with Gasteiger partial charge in [0.15, 0.2) is 5.78 Å². The van der Waals surface area contributed by atoms with Crippen LogP contribution in [0.5, 0.6) is 5.75 Å². The third-order valence-corrected chi connectivity index (χ3v) is 2.29. The van der Waals surface area contributed by atoms with Gasteiger partial charge in [-0.3, -0.25) is 4.79 Å². The lowest BCUT2D eigenvalue weighted by molar-refractivity contribution is 0.0982. The third-order valence-electron chi connectivity index (χ3n) is 1.99. The van der Waals surface area contributed by atoms with Gasteiger partial charge >= 0.3 is 0 Å². The molecule has 0 bridgehead atoms. The first-order valence-electron chi connectivity index (χ1n) is 4.29. The van der Waals surface area contributed by atoms with Crippen LogP contribution in [0.2, 0.25) is 5.02 Å². The lowest BCUT2D eigenvalue weighted by atomic mass is 10.0. The summed E-state index contributed by atoms with van der Waals surface area (Å²) in [6.45, 7) is 2.02. The van der Waals surface area contributed by atoms with E-state index in [1.54, 1.807) is 19.1 Å². The predicted octanol–water partition coefficient (Wildman–Crippen LogP) is 1.89. The Labute approximate surface area is 87.5 Å². The Bertz CT molecular complexity index is 363. The molecule has 0 spiro atoms. The van der Waals surface area contributed by atoms with E-state index in [9.17, 15) is 9.90 Å². The number of aryl methyl sites for hydroxylation is 1. The van der Waals surface area contributed by atoms with Gasteiger partial charge in [-0.05, 0) is 25.1 Å². The molecule has 14 heavy (non-hydrogen) atoms. The number of carbonyl (C=O) groups excluding carboxylic acids is 1. The molecule has 0 radical (unpaired) electrons. The van der Waals surface area contributed by atoms with Crippen LogP contribution in [0.3, 0.4) is 0 Å². The van der Waals surface area contributed by atoms with E-state index in [4.69, 9.17) is 17.3 Å². The van der Waals surface area contributed by atoms with Crippen LogP contribution in [0.15, 0.2) is 12.1 Å². The minimum Gasteiger partial charge on any atom is -0.506 e. The monoisotopic (exact) mass is 213 g/mol. The van der Waals surface area contributed by atoms with E-state index in [0.29, 0.717) is 5.56 Å². The minimum absolute atomic E-state index is 0.148. The summed E-state index contributed by atoms with van der Waals surface area (Å²) in [7, 11) is 0. The van der Waals surface area contributed by atoms with Crippen molar-refractivity contribution in [2.75, 3.05) is 6.54 Å². The zero-order valence-electron chi connectivity index (χ0n) is 7.88. The Kier molecular flexibility index (Phi) is 3.49. The van der Waals surface area contributed by atoms with Crippen molar-refractivity contribution in [3.63, 3.8) is 0 Å². The van der Waals surface area contributed by atoms with Gasteiger partial charge in [-0.2, -0.15) is 0 Å². The van der Waals surface area contributed by atoms with Gasteiger partial charge in [0.05, 0.1) is 10.6 Å². The molecular weight excluding hydrogens is 202 g/mol. The second kappa shape index (κ2) is 4.44. The largest absolute Gasteiger partial charge is 0.506 e. The zero-order chi connectivity index (χ0) is 10.7. The van der Waals surface area contributed by atoms with Crippen LogP contribution >= 0.6 is 11.6 Å². The van der Waals surface area contributed by atoms with Crippen molar-refractivity contribution >= 4 is 17.4 Å². The predicted molar refractivity (Wildman–Crippen MR) is 55.9 cm³/mol. The number of benzene rings is 1. The fourth-order valence-electron chi connectivity index (χ4n) is 1.27. The lowest BCUT2D eigenvalue weighted by Gasteiger charge is -2.07. The highest BCUT2D eigenvalue weighted by Gasteiger charge is 2.15. The standard InChI is InChI=1S/C10H12ClNO2/c1-6-2-3-7(11)10(14)9(6)8(13)4-5-12/h2-3,14H,4-5,12H2,1H3. The molecule has 0 saturated heterocycles. The number of carbonyl (C=O) groups is 1. The van der Waals surface area contributed by atoms with Gasteiger partial charge < -0.3 is 10.8 Å². The molecule has 0 heterocycles. The van der Waals surface area contributed by atoms with Gasteiger partial charge in [-0.15, -0.1) is 0 Å². The molecule has 3 nitrogen and oxygen atoms in total. The molecule has 0 aliphatic carbocycles. The van der Waals surface area contributed by atoms with Crippen LogP contribution in [-0.4, -0.2) is 17.4 Å². The van der Waals surface area contributed by atoms with Gasteiger partial charge in [0.2, 0.25) is 0 Å². The van der Waals surface area contributed by atoms with E-state index >= 15 is 0 Å². The van der Waals surface area contributed by atoms with Crippen LogP contribution in [-0.2, 0) is 0 Å². The highest BCUT2D eigenvalue weighted by molar-refractivity contribution is 6.32. The summed E-state index contributed by atoms with van der Waals surface area (Å²) in [4.78, 5) is 11.5. The van der Waals surface area contributed by atoms with E-state index in [-0.39, 0.29) is 35.1 Å². The second-order valence-corrected chi connectivity index (χ2v) is 3.46. The number of ketones is 1. The van der Waals surface area contributed by atoms with Crippen molar-refractivity contribution in [2.45, 2.75) is 13.3 Å². The first kappa shape index (κ1) is 11.0. The van der Waals surface area contributed by atoms with Crippen LogP contribution in [0.1, 0.15) is 22.3 Å². The van der Waals surface area contributed by atoms with E-state index in [2.05, 4.69) is 0 Å². The molecule has 0 amide bonds. The normalized spacial score (nSPS) is 10.2. The molecule has 0 saturated carbocycles. The fraction of sp³-hybridized carbons (Fsp3) is 0.300. The maximum atomic E-state index is 11.5. The summed E-state index contributed by atoms with van der Waals surface area (Å²) >= 11 is 5.70. The molecule has 1 aromatic carbocycles. The fourth-order valence-corrected chi connectivity index (χ4v) is 1.43. The Morgan fingerprint density at radius 2 is 2.21 bits per heavy atom. The molecule has 4 heteroatoms. The number of nitrogens with two attached hydrogens (primary N) is 1. The minimum atomic E-state index is -0.176. The molecule has 1 rings (SSSR count). The first-order valence-corrected chi connectivity index (χ1v) is 4.67. The molecule has 3 N–H and O–H groups in total. The number of phenolic OH excluding ortho intramolecular Hbond substituents is 1. The molecule has 76 valence electrons. The quantitative estimate of drug-likeness (QED) is 0.754. The topological polar surface area (TPSA) is 63.3 Å². The molecule has 0 aliphatic heterocycles. The van der Waals surface area contributed by atoms with Crippen LogP contribution < -0.4 is 5.73 Å². The van der Waals surface area contributed by atoms with E-state index < -0.39 is 0 Å². The summed E-state index contributed by atoms with van der Waals surface area (Å²) in [6, 6.07) is 3.26. The summed E-state index contributed by atoms with van der Waals surface area (Å²) in [5.74, 6) is -0.324. The summed E-state index contributed by atoms with van der Waals surface area (Å²) < 4.78 is 0. The first-order chi connectivity index (χ1) is 6.57. The molecular formula is C10H12ClNO2. The maximum absolute atomic E-state index is 11.5. The van der Waals surface area contributed by atoms with Gasteiger partial charge in [0.1, 0.15) is 5.75 Å². The Morgan fingerprint density at radius 3 is 2.79 bits per heavy atom. The highest BCUT2D eigenvalue weighted by Crippen LogP contribution is 2.30. The SMILES string of the molecule is Cc1ccc(Cl)c(O)c1C(=O)CCN. The molecule has 0 unspecified atom stereocenters. The Morgan fingerprint density at radius 1 is 1.57 bits per heavy atom. The van der Waals surface area contributed by atoms with Crippen molar-refractivity contribution in [1.29, 1.82) is 0 Å². The third kappa shape index (κ3) is 2.05. The van der Waals surface area contributed by atoms with Crippen LogP contribution in [0.25, 0.3) is 0 Å². The van der Waals surface area contributed by atoms with Crippen molar-refractivity contribution in [1.82, 2.24) is 0 Å². The van der Waals surface area contributed by atoms with Crippen LogP contribution in [0, 0.1) is 6.92 Å². The van der Waals surface area contributed by atoms with Crippen molar-refractivity contribution in [3.05, 3.63) is 28.3 Å². The van der Waals surface area contributed by atoms with Crippen LogP contribution in [0.4, 0.5) is 0 Å². The number of aromatic hydroxyl groups is 1. The number of hydrogen-bond donors (Lipinski definition) is 2. The summed E-state index contributed by atoms with van der Waals surface area (Å²) in [5.41, 5.74) is 6.26. The molecule has 0 fully saturated rings. The zero-order valence-corrected chi connectivity index (χ0v) is 8.64. The number of rotatable bonds is 3. The van der Waals surface area contributed by atoms with Gasteiger partial charge in [0.25, 0.3) is 0 Å². The Balaban J connectivity index is 3.18. The van der Waals surface area contributed by atoms with Crippen molar-refractivity contribution in [2.24, 2.45) is 5.73 Å². The lowest BCUT2D eigenvalue weighted by Crippen LogP contribution is -2.09. The number of halogens is 1. The van der Waals surface area contributed by atoms with Crippen molar-refractivity contribution in [3.8, 4) is 5.75 Å². The number of Topliss-reactive ketones (excluding diaryl/α,β-unsaturated/α-hetero) is 1. The smallest absolute Gasteiger partial charge is 0.168 e. The second-order valence-electron chi connectivity index (χ2n) is 3.05. The number of hydrogen-bond acceptors (Lipinski definition) is 3. The maximum Gasteiger partial charge on any atom is 0.168 e. The van der Waals surface area contributed by atoms with Gasteiger partial charge in [-0.25, -0.2) is 0 Å². The van der Waals surface area contributed by atoms with E-state index in [1.807, 2.05) is 0 Å². The van der Waals surface area contributed by atoms with E-state index in [1.165, 1.54) is 0 Å². The Hall–Kier alpha value is -1.06.